The summed E-state index contributed by atoms with van der Waals surface area (Å²) in [7, 11) is 0. The summed E-state index contributed by atoms with van der Waals surface area (Å²) in [5.74, 6) is 1.97. The first-order valence-corrected chi connectivity index (χ1v) is 6.58. The minimum atomic E-state index is 0.268. The third-order valence-corrected chi connectivity index (χ3v) is 3.64. The van der Waals surface area contributed by atoms with Gasteiger partial charge < -0.3 is 14.5 Å². The number of hydrogen-bond acceptors (Lipinski definition) is 5. The molecule has 3 rings (SSSR count). The number of hydrogen-bond donors (Lipinski definition) is 1. The molecular formula is C12H19N3O2. The van der Waals surface area contributed by atoms with Gasteiger partial charge in [0.05, 0.1) is 6.04 Å². The van der Waals surface area contributed by atoms with E-state index in [-0.39, 0.29) is 6.04 Å². The minimum Gasteiger partial charge on any atom is -0.423 e. The standard InChI is InChI=1S/C12H19N3O2/c1-2-6-13-10(3-1)12-15-14-11(17-12)9-4-7-16-8-5-9/h9-10,13H,1-8H2/t10-/m1/s1. The first-order chi connectivity index (χ1) is 8.43. The Labute approximate surface area is 101 Å². The van der Waals surface area contributed by atoms with Crippen molar-refractivity contribution in [1.82, 2.24) is 15.5 Å². The molecule has 0 spiro atoms. The molecule has 0 unspecified atom stereocenters. The Kier molecular flexibility index (Phi) is 3.38. The summed E-state index contributed by atoms with van der Waals surface area (Å²) in [6.07, 6.45) is 5.60. The zero-order valence-electron chi connectivity index (χ0n) is 10.0. The molecule has 0 aromatic carbocycles. The summed E-state index contributed by atoms with van der Waals surface area (Å²) in [5.41, 5.74) is 0. The van der Waals surface area contributed by atoms with Crippen LogP contribution in [-0.4, -0.2) is 30.0 Å². The summed E-state index contributed by atoms with van der Waals surface area (Å²) in [6.45, 7) is 2.67. The summed E-state index contributed by atoms with van der Waals surface area (Å²) in [5, 5.41) is 11.8. The lowest BCUT2D eigenvalue weighted by Crippen LogP contribution is -2.26. The second-order valence-electron chi connectivity index (χ2n) is 4.87. The van der Waals surface area contributed by atoms with Crippen molar-refractivity contribution in [3.8, 4) is 0 Å². The van der Waals surface area contributed by atoms with Crippen LogP contribution in [0.3, 0.4) is 0 Å². The molecule has 2 saturated heterocycles. The van der Waals surface area contributed by atoms with Crippen LogP contribution in [0.1, 0.15) is 55.8 Å². The SMILES string of the molecule is C1CC[C@H](c2nnc(C3CCOCC3)o2)NC1. The maximum atomic E-state index is 5.82. The van der Waals surface area contributed by atoms with E-state index >= 15 is 0 Å². The highest BCUT2D eigenvalue weighted by molar-refractivity contribution is 4.96. The van der Waals surface area contributed by atoms with Crippen LogP contribution in [0.2, 0.25) is 0 Å². The van der Waals surface area contributed by atoms with Gasteiger partial charge in [0.2, 0.25) is 11.8 Å². The lowest BCUT2D eigenvalue weighted by Gasteiger charge is -2.20. The van der Waals surface area contributed by atoms with Crippen LogP contribution in [0.5, 0.6) is 0 Å². The van der Waals surface area contributed by atoms with E-state index in [0.29, 0.717) is 5.92 Å². The van der Waals surface area contributed by atoms with E-state index in [1.54, 1.807) is 0 Å². The fourth-order valence-corrected chi connectivity index (χ4v) is 2.56. The second kappa shape index (κ2) is 5.14. The molecule has 0 bridgehead atoms. The number of nitrogens with one attached hydrogen (secondary N) is 1. The molecule has 0 radical (unpaired) electrons. The monoisotopic (exact) mass is 237 g/mol. The molecule has 94 valence electrons. The molecule has 1 aromatic heterocycles. The molecular weight excluding hydrogens is 218 g/mol. The van der Waals surface area contributed by atoms with Crippen LogP contribution in [0.4, 0.5) is 0 Å². The summed E-state index contributed by atoms with van der Waals surface area (Å²) >= 11 is 0. The molecule has 2 fully saturated rings. The lowest BCUT2D eigenvalue weighted by molar-refractivity contribution is 0.0789. The molecule has 0 saturated carbocycles. The Morgan fingerprint density at radius 2 is 1.82 bits per heavy atom. The summed E-state index contributed by atoms with van der Waals surface area (Å²) in [6, 6.07) is 0.268. The van der Waals surface area contributed by atoms with Crippen LogP contribution in [-0.2, 0) is 4.74 Å². The number of ether oxygens (including phenoxy) is 1. The van der Waals surface area contributed by atoms with Gasteiger partial charge in [0.1, 0.15) is 0 Å². The van der Waals surface area contributed by atoms with Gasteiger partial charge in [0.15, 0.2) is 0 Å². The van der Waals surface area contributed by atoms with Crippen molar-refractivity contribution in [3.05, 3.63) is 11.8 Å². The Hall–Kier alpha value is -0.940. The van der Waals surface area contributed by atoms with E-state index in [1.165, 1.54) is 12.8 Å². The van der Waals surface area contributed by atoms with Gasteiger partial charge in [-0.05, 0) is 32.2 Å². The molecule has 17 heavy (non-hydrogen) atoms. The average Bonchev–Trinajstić information content (AvgIpc) is 2.90. The Balaban J connectivity index is 1.68. The van der Waals surface area contributed by atoms with Gasteiger partial charge in [-0.25, -0.2) is 0 Å². The van der Waals surface area contributed by atoms with Gasteiger partial charge in [0, 0.05) is 19.1 Å². The molecule has 3 heterocycles. The van der Waals surface area contributed by atoms with Crippen LogP contribution in [0, 0.1) is 0 Å². The van der Waals surface area contributed by atoms with E-state index in [9.17, 15) is 0 Å². The van der Waals surface area contributed by atoms with Crippen molar-refractivity contribution in [3.63, 3.8) is 0 Å². The molecule has 2 aliphatic heterocycles. The van der Waals surface area contributed by atoms with Gasteiger partial charge in [-0.15, -0.1) is 10.2 Å². The van der Waals surface area contributed by atoms with Crippen LogP contribution < -0.4 is 5.32 Å². The average molecular weight is 237 g/mol. The van der Waals surface area contributed by atoms with Gasteiger partial charge >= 0.3 is 0 Å². The molecule has 2 aliphatic rings. The Bertz CT molecular complexity index is 322. The van der Waals surface area contributed by atoms with Crippen molar-refractivity contribution in [2.24, 2.45) is 0 Å². The van der Waals surface area contributed by atoms with Crippen molar-refractivity contribution in [1.29, 1.82) is 0 Å². The van der Waals surface area contributed by atoms with Gasteiger partial charge in [-0.2, -0.15) is 0 Å². The van der Waals surface area contributed by atoms with E-state index in [2.05, 4.69) is 15.5 Å². The summed E-state index contributed by atoms with van der Waals surface area (Å²) in [4.78, 5) is 0. The van der Waals surface area contributed by atoms with E-state index in [4.69, 9.17) is 9.15 Å². The number of rotatable bonds is 2. The van der Waals surface area contributed by atoms with E-state index in [0.717, 1.165) is 50.8 Å². The van der Waals surface area contributed by atoms with Crippen molar-refractivity contribution in [2.45, 2.75) is 44.1 Å². The molecule has 1 atom stereocenters. The quantitative estimate of drug-likeness (QED) is 0.849. The van der Waals surface area contributed by atoms with Gasteiger partial charge in [-0.1, -0.05) is 6.42 Å². The third kappa shape index (κ3) is 2.50. The van der Waals surface area contributed by atoms with Crippen molar-refractivity contribution >= 4 is 0 Å². The predicted molar refractivity (Wildman–Crippen MR) is 61.7 cm³/mol. The zero-order valence-corrected chi connectivity index (χ0v) is 10.0. The fraction of sp³-hybridized carbons (Fsp3) is 0.833. The molecule has 5 heteroatoms. The number of nitrogens with zero attached hydrogens (tertiary/aromatic N) is 2. The molecule has 5 nitrogen and oxygen atoms in total. The number of aromatic nitrogens is 2. The third-order valence-electron chi connectivity index (χ3n) is 3.64. The molecule has 0 amide bonds. The maximum Gasteiger partial charge on any atom is 0.233 e. The minimum absolute atomic E-state index is 0.268. The molecule has 0 aliphatic carbocycles. The Morgan fingerprint density at radius 3 is 2.59 bits per heavy atom. The normalized spacial score (nSPS) is 27.2. The highest BCUT2D eigenvalue weighted by atomic mass is 16.5. The maximum absolute atomic E-state index is 5.82. The predicted octanol–water partition coefficient (Wildman–Crippen LogP) is 1.78. The van der Waals surface area contributed by atoms with Gasteiger partial charge in [0.25, 0.3) is 0 Å². The van der Waals surface area contributed by atoms with Crippen LogP contribution in [0.25, 0.3) is 0 Å². The van der Waals surface area contributed by atoms with Crippen LogP contribution >= 0.6 is 0 Å². The lowest BCUT2D eigenvalue weighted by atomic mass is 10.0. The summed E-state index contributed by atoms with van der Waals surface area (Å²) < 4.78 is 11.2. The van der Waals surface area contributed by atoms with Crippen molar-refractivity contribution in [2.75, 3.05) is 19.8 Å². The molecule has 1 N–H and O–H groups in total. The van der Waals surface area contributed by atoms with Crippen molar-refractivity contribution < 1.29 is 9.15 Å². The smallest absolute Gasteiger partial charge is 0.233 e. The molecule has 1 aromatic rings. The second-order valence-corrected chi connectivity index (χ2v) is 4.87. The topological polar surface area (TPSA) is 60.2 Å². The highest BCUT2D eigenvalue weighted by Gasteiger charge is 2.25. The van der Waals surface area contributed by atoms with Gasteiger partial charge in [-0.3, -0.25) is 0 Å². The van der Waals surface area contributed by atoms with E-state index < -0.39 is 0 Å². The zero-order chi connectivity index (χ0) is 11.5. The number of piperidine rings is 1. The highest BCUT2D eigenvalue weighted by Crippen LogP contribution is 2.28. The van der Waals surface area contributed by atoms with E-state index in [1.807, 2.05) is 0 Å². The largest absolute Gasteiger partial charge is 0.423 e. The first kappa shape index (κ1) is 11.2. The Morgan fingerprint density at radius 1 is 1.00 bits per heavy atom. The van der Waals surface area contributed by atoms with Crippen LogP contribution in [0.15, 0.2) is 4.42 Å². The fourth-order valence-electron chi connectivity index (χ4n) is 2.56. The first-order valence-electron chi connectivity index (χ1n) is 6.58.